The molecule has 5 heteroatoms. The van der Waals surface area contributed by atoms with Gasteiger partial charge in [-0.2, -0.15) is 0 Å². The second-order valence-corrected chi connectivity index (χ2v) is 5.97. The first kappa shape index (κ1) is 13.3. The molecule has 0 aliphatic heterocycles. The van der Waals surface area contributed by atoms with E-state index in [0.29, 0.717) is 11.7 Å². The minimum absolute atomic E-state index is 0.532. The lowest BCUT2D eigenvalue weighted by Crippen LogP contribution is -2.19. The molecule has 1 aromatic carbocycles. The van der Waals surface area contributed by atoms with Crippen molar-refractivity contribution in [3.05, 3.63) is 52.3 Å². The van der Waals surface area contributed by atoms with Crippen LogP contribution in [0, 0.1) is 6.92 Å². The second-order valence-electron chi connectivity index (χ2n) is 4.71. The summed E-state index contributed by atoms with van der Waals surface area (Å²) in [6, 6.07) is 10.2. The molecule has 0 bridgehead atoms. The molecule has 0 atom stereocenters. The maximum Gasteiger partial charge on any atom is 0.151 e. The number of benzene rings is 1. The first-order valence-corrected chi connectivity index (χ1v) is 7.57. The monoisotopic (exact) mass is 303 g/mol. The highest BCUT2D eigenvalue weighted by Gasteiger charge is 2.10. The number of fused-ring (bicyclic) bond motifs is 1. The van der Waals surface area contributed by atoms with Gasteiger partial charge in [0.25, 0.3) is 0 Å². The van der Waals surface area contributed by atoms with Crippen LogP contribution >= 0.6 is 22.9 Å². The maximum absolute atomic E-state index is 6.20. The van der Waals surface area contributed by atoms with Crippen LogP contribution in [0.3, 0.4) is 0 Å². The van der Waals surface area contributed by atoms with Crippen molar-refractivity contribution in [1.29, 1.82) is 0 Å². The first-order valence-electron chi connectivity index (χ1n) is 6.31. The Labute approximate surface area is 126 Å². The van der Waals surface area contributed by atoms with Crippen LogP contribution in [-0.4, -0.2) is 17.0 Å². The molecule has 0 aliphatic carbocycles. The fourth-order valence-electron chi connectivity index (χ4n) is 2.22. The molecule has 20 heavy (non-hydrogen) atoms. The normalized spacial score (nSPS) is 10.9. The van der Waals surface area contributed by atoms with E-state index in [9.17, 15) is 0 Å². The van der Waals surface area contributed by atoms with Crippen molar-refractivity contribution in [2.75, 3.05) is 11.9 Å². The van der Waals surface area contributed by atoms with Crippen molar-refractivity contribution in [3.63, 3.8) is 0 Å². The number of hydrogen-bond donors (Lipinski definition) is 0. The minimum Gasteiger partial charge on any atom is -0.367 e. The third-order valence-corrected chi connectivity index (χ3v) is 4.32. The van der Waals surface area contributed by atoms with Crippen molar-refractivity contribution in [2.24, 2.45) is 0 Å². The molecule has 0 N–H and O–H groups in total. The molecule has 0 aliphatic rings. The molecule has 0 unspecified atom stereocenters. The topological polar surface area (TPSA) is 29.0 Å². The lowest BCUT2D eigenvalue weighted by molar-refractivity contribution is 0.846. The van der Waals surface area contributed by atoms with Gasteiger partial charge in [0.15, 0.2) is 5.82 Å². The molecule has 102 valence electrons. The van der Waals surface area contributed by atoms with E-state index in [4.69, 9.17) is 11.6 Å². The summed E-state index contributed by atoms with van der Waals surface area (Å²) in [7, 11) is 2.04. The highest BCUT2D eigenvalue weighted by Crippen LogP contribution is 2.26. The summed E-state index contributed by atoms with van der Waals surface area (Å²) in [5, 5.41) is 3.45. The summed E-state index contributed by atoms with van der Waals surface area (Å²) in [6.07, 6.45) is 0. The standard InChI is InChI=1S/C15H14ClN3S/c1-10-5-3-4-6-12(10)19(2)9-13-17-14(16)11-7-8-20-15(11)18-13/h3-8H,9H2,1-2H3. The molecule has 0 radical (unpaired) electrons. The third kappa shape index (κ3) is 2.49. The molecule has 0 saturated heterocycles. The van der Waals surface area contributed by atoms with Crippen LogP contribution in [0.5, 0.6) is 0 Å². The Morgan fingerprint density at radius 1 is 1.20 bits per heavy atom. The number of rotatable bonds is 3. The molecule has 2 aromatic heterocycles. The average Bonchev–Trinajstić information content (AvgIpc) is 2.88. The van der Waals surface area contributed by atoms with Gasteiger partial charge in [0, 0.05) is 18.1 Å². The number of aromatic nitrogens is 2. The smallest absolute Gasteiger partial charge is 0.151 e. The summed E-state index contributed by atoms with van der Waals surface area (Å²) in [4.78, 5) is 12.0. The van der Waals surface area contributed by atoms with Gasteiger partial charge in [-0.25, -0.2) is 9.97 Å². The zero-order valence-corrected chi connectivity index (χ0v) is 12.9. The Bertz CT molecular complexity index is 754. The van der Waals surface area contributed by atoms with Gasteiger partial charge in [-0.15, -0.1) is 11.3 Å². The van der Waals surface area contributed by atoms with Crippen LogP contribution in [0.15, 0.2) is 35.7 Å². The maximum atomic E-state index is 6.20. The highest BCUT2D eigenvalue weighted by molar-refractivity contribution is 7.16. The minimum atomic E-state index is 0.532. The van der Waals surface area contributed by atoms with E-state index >= 15 is 0 Å². The van der Waals surface area contributed by atoms with Crippen molar-refractivity contribution < 1.29 is 0 Å². The van der Waals surface area contributed by atoms with Gasteiger partial charge in [0.2, 0.25) is 0 Å². The van der Waals surface area contributed by atoms with Gasteiger partial charge in [0.05, 0.1) is 6.54 Å². The van der Waals surface area contributed by atoms with Gasteiger partial charge in [0.1, 0.15) is 9.98 Å². The Balaban J connectivity index is 1.91. The average molecular weight is 304 g/mol. The van der Waals surface area contributed by atoms with Gasteiger partial charge < -0.3 is 4.90 Å². The molecular weight excluding hydrogens is 290 g/mol. The number of thiophene rings is 1. The van der Waals surface area contributed by atoms with E-state index in [0.717, 1.165) is 16.0 Å². The largest absolute Gasteiger partial charge is 0.367 e. The predicted octanol–water partition coefficient (Wildman–Crippen LogP) is 4.29. The number of para-hydroxylation sites is 1. The van der Waals surface area contributed by atoms with Crippen molar-refractivity contribution >= 4 is 38.8 Å². The summed E-state index contributed by atoms with van der Waals surface area (Å²) in [6.45, 7) is 2.74. The van der Waals surface area contributed by atoms with Crippen LogP contribution in [0.2, 0.25) is 5.15 Å². The van der Waals surface area contributed by atoms with Gasteiger partial charge in [-0.05, 0) is 30.0 Å². The Kier molecular flexibility index (Phi) is 3.59. The molecule has 0 saturated carbocycles. The third-order valence-electron chi connectivity index (χ3n) is 3.23. The Hall–Kier alpha value is -1.65. The van der Waals surface area contributed by atoms with Crippen LogP contribution < -0.4 is 4.90 Å². The second kappa shape index (κ2) is 5.38. The van der Waals surface area contributed by atoms with E-state index in [-0.39, 0.29) is 0 Å². The summed E-state index contributed by atoms with van der Waals surface area (Å²) in [5.74, 6) is 0.746. The number of aryl methyl sites for hydroxylation is 1. The van der Waals surface area contributed by atoms with E-state index in [1.807, 2.05) is 30.6 Å². The molecule has 2 heterocycles. The number of hydrogen-bond acceptors (Lipinski definition) is 4. The SMILES string of the molecule is Cc1ccccc1N(C)Cc1nc(Cl)c2ccsc2n1. The van der Waals surface area contributed by atoms with E-state index in [1.54, 1.807) is 11.3 Å². The van der Waals surface area contributed by atoms with Gasteiger partial charge in [-0.1, -0.05) is 29.8 Å². The molecule has 3 aromatic rings. The lowest BCUT2D eigenvalue weighted by atomic mass is 10.2. The molecule has 0 spiro atoms. The number of halogens is 1. The molecule has 0 amide bonds. The fraction of sp³-hybridized carbons (Fsp3) is 0.200. The zero-order chi connectivity index (χ0) is 14.1. The van der Waals surface area contributed by atoms with Crippen molar-refractivity contribution in [1.82, 2.24) is 9.97 Å². The van der Waals surface area contributed by atoms with E-state index in [2.05, 4.69) is 33.9 Å². The van der Waals surface area contributed by atoms with Crippen molar-refractivity contribution in [2.45, 2.75) is 13.5 Å². The number of anilines is 1. The number of nitrogens with zero attached hydrogens (tertiary/aromatic N) is 3. The fourth-order valence-corrected chi connectivity index (χ4v) is 3.31. The van der Waals surface area contributed by atoms with Crippen LogP contribution in [0.4, 0.5) is 5.69 Å². The van der Waals surface area contributed by atoms with Crippen LogP contribution in [0.1, 0.15) is 11.4 Å². The van der Waals surface area contributed by atoms with E-state index in [1.165, 1.54) is 11.3 Å². The van der Waals surface area contributed by atoms with Crippen LogP contribution in [0.25, 0.3) is 10.2 Å². The van der Waals surface area contributed by atoms with E-state index < -0.39 is 0 Å². The first-order chi connectivity index (χ1) is 9.65. The predicted molar refractivity (Wildman–Crippen MR) is 85.7 cm³/mol. The zero-order valence-electron chi connectivity index (χ0n) is 11.3. The van der Waals surface area contributed by atoms with Gasteiger partial charge >= 0.3 is 0 Å². The summed E-state index contributed by atoms with van der Waals surface area (Å²) < 4.78 is 0. The highest BCUT2D eigenvalue weighted by atomic mass is 35.5. The molecule has 3 rings (SSSR count). The van der Waals surface area contributed by atoms with Crippen molar-refractivity contribution in [3.8, 4) is 0 Å². The summed E-state index contributed by atoms with van der Waals surface area (Å²) >= 11 is 7.79. The molecular formula is C15H14ClN3S. The van der Waals surface area contributed by atoms with Gasteiger partial charge in [-0.3, -0.25) is 0 Å². The summed E-state index contributed by atoms with van der Waals surface area (Å²) in [5.41, 5.74) is 2.41. The lowest BCUT2D eigenvalue weighted by Gasteiger charge is -2.20. The molecule has 0 fully saturated rings. The van der Waals surface area contributed by atoms with Crippen LogP contribution in [-0.2, 0) is 6.54 Å². The molecule has 3 nitrogen and oxygen atoms in total. The Morgan fingerprint density at radius 2 is 2.00 bits per heavy atom. The quantitative estimate of drug-likeness (QED) is 0.676. The Morgan fingerprint density at radius 3 is 2.80 bits per heavy atom.